The van der Waals surface area contributed by atoms with Crippen molar-refractivity contribution in [2.24, 2.45) is 11.7 Å². The minimum Gasteiger partial charge on any atom is -0.324 e. The number of rotatable bonds is 2. The molecule has 0 amide bonds. The van der Waals surface area contributed by atoms with Crippen molar-refractivity contribution in [2.45, 2.75) is 25.1 Å². The van der Waals surface area contributed by atoms with E-state index in [-0.39, 0.29) is 11.5 Å². The fourth-order valence-corrected chi connectivity index (χ4v) is 1.68. The standard InChI is InChI=1S/C11H11F4N/c12-9-4-3-7(11(13,14)15)5-8(9)10(16)6-1-2-6/h3-6,10H,1-2,16H2/t10-/m1/s1. The second-order valence-electron chi connectivity index (χ2n) is 4.10. The highest BCUT2D eigenvalue weighted by Gasteiger charge is 2.35. The molecule has 16 heavy (non-hydrogen) atoms. The van der Waals surface area contributed by atoms with Crippen molar-refractivity contribution in [1.82, 2.24) is 0 Å². The Hall–Kier alpha value is -1.10. The number of halogens is 4. The maximum Gasteiger partial charge on any atom is 0.416 e. The third-order valence-corrected chi connectivity index (χ3v) is 2.81. The van der Waals surface area contributed by atoms with Gasteiger partial charge in [-0.05, 0) is 37.0 Å². The van der Waals surface area contributed by atoms with E-state index in [9.17, 15) is 17.6 Å². The van der Waals surface area contributed by atoms with Crippen LogP contribution in [-0.4, -0.2) is 0 Å². The predicted molar refractivity (Wildman–Crippen MR) is 51.1 cm³/mol. The van der Waals surface area contributed by atoms with Gasteiger partial charge in [-0.2, -0.15) is 13.2 Å². The zero-order chi connectivity index (χ0) is 11.9. The van der Waals surface area contributed by atoms with E-state index in [0.29, 0.717) is 0 Å². The molecule has 1 nitrogen and oxygen atoms in total. The molecule has 5 heteroatoms. The van der Waals surface area contributed by atoms with Crippen LogP contribution < -0.4 is 5.73 Å². The van der Waals surface area contributed by atoms with Crippen LogP contribution in [0.3, 0.4) is 0 Å². The van der Waals surface area contributed by atoms with Gasteiger partial charge < -0.3 is 5.73 Å². The smallest absolute Gasteiger partial charge is 0.324 e. The minimum atomic E-state index is -4.45. The third-order valence-electron chi connectivity index (χ3n) is 2.81. The molecule has 1 fully saturated rings. The molecule has 0 saturated heterocycles. The molecule has 0 radical (unpaired) electrons. The van der Waals surface area contributed by atoms with Gasteiger partial charge in [0.1, 0.15) is 5.82 Å². The van der Waals surface area contributed by atoms with Crippen LogP contribution in [0.25, 0.3) is 0 Å². The molecule has 2 rings (SSSR count). The average molecular weight is 233 g/mol. The predicted octanol–water partition coefficient (Wildman–Crippen LogP) is 3.25. The summed E-state index contributed by atoms with van der Waals surface area (Å²) in [5.41, 5.74) is 4.83. The topological polar surface area (TPSA) is 26.0 Å². The highest BCUT2D eigenvalue weighted by Crippen LogP contribution is 2.41. The van der Waals surface area contributed by atoms with Crippen LogP contribution in [-0.2, 0) is 6.18 Å². The largest absolute Gasteiger partial charge is 0.416 e. The molecule has 1 aromatic rings. The van der Waals surface area contributed by atoms with Crippen molar-refractivity contribution in [3.63, 3.8) is 0 Å². The van der Waals surface area contributed by atoms with Gasteiger partial charge in [0, 0.05) is 11.6 Å². The molecule has 1 aromatic carbocycles. The number of hydrogen-bond acceptors (Lipinski definition) is 1. The van der Waals surface area contributed by atoms with E-state index in [2.05, 4.69) is 0 Å². The summed E-state index contributed by atoms with van der Waals surface area (Å²) in [5.74, 6) is -0.537. The van der Waals surface area contributed by atoms with E-state index in [1.165, 1.54) is 0 Å². The van der Waals surface area contributed by atoms with Gasteiger partial charge in [-0.15, -0.1) is 0 Å². The van der Waals surface area contributed by atoms with Crippen molar-refractivity contribution in [3.05, 3.63) is 35.1 Å². The second kappa shape index (κ2) is 3.73. The Morgan fingerprint density at radius 2 is 1.88 bits per heavy atom. The van der Waals surface area contributed by atoms with Gasteiger partial charge in [-0.25, -0.2) is 4.39 Å². The van der Waals surface area contributed by atoms with Crippen molar-refractivity contribution in [1.29, 1.82) is 0 Å². The summed E-state index contributed by atoms with van der Waals surface area (Å²) in [5, 5.41) is 0. The van der Waals surface area contributed by atoms with Gasteiger partial charge >= 0.3 is 6.18 Å². The average Bonchev–Trinajstić information content (AvgIpc) is 2.98. The summed E-state index contributed by atoms with van der Waals surface area (Å²) < 4.78 is 50.6. The van der Waals surface area contributed by atoms with Gasteiger partial charge in [0.2, 0.25) is 0 Å². The van der Waals surface area contributed by atoms with Crippen LogP contribution >= 0.6 is 0 Å². The monoisotopic (exact) mass is 233 g/mol. The van der Waals surface area contributed by atoms with E-state index in [4.69, 9.17) is 5.73 Å². The molecule has 1 aliphatic rings. The lowest BCUT2D eigenvalue weighted by Crippen LogP contribution is -2.16. The molecule has 0 heterocycles. The molecule has 0 spiro atoms. The lowest BCUT2D eigenvalue weighted by atomic mass is 10.00. The van der Waals surface area contributed by atoms with Crippen LogP contribution in [0.2, 0.25) is 0 Å². The molecular formula is C11H11F4N. The Morgan fingerprint density at radius 1 is 1.25 bits per heavy atom. The first-order valence-electron chi connectivity index (χ1n) is 5.02. The van der Waals surface area contributed by atoms with Gasteiger partial charge in [0.25, 0.3) is 0 Å². The molecular weight excluding hydrogens is 222 g/mol. The zero-order valence-corrected chi connectivity index (χ0v) is 8.39. The van der Waals surface area contributed by atoms with Gasteiger partial charge in [0.15, 0.2) is 0 Å². The van der Waals surface area contributed by atoms with Crippen LogP contribution in [0.1, 0.15) is 30.0 Å². The van der Waals surface area contributed by atoms with Crippen LogP contribution in [0.4, 0.5) is 17.6 Å². The molecule has 0 aromatic heterocycles. The van der Waals surface area contributed by atoms with Crippen molar-refractivity contribution in [3.8, 4) is 0 Å². The SMILES string of the molecule is N[C@@H](c1cc(C(F)(F)F)ccc1F)C1CC1. The lowest BCUT2D eigenvalue weighted by Gasteiger charge is -2.14. The quantitative estimate of drug-likeness (QED) is 0.779. The fourth-order valence-electron chi connectivity index (χ4n) is 1.68. The van der Waals surface area contributed by atoms with E-state index in [0.717, 1.165) is 31.0 Å². The number of hydrogen-bond donors (Lipinski definition) is 1. The first kappa shape index (κ1) is 11.4. The maximum absolute atomic E-state index is 13.3. The summed E-state index contributed by atoms with van der Waals surface area (Å²) in [7, 11) is 0. The van der Waals surface area contributed by atoms with E-state index in [1.54, 1.807) is 0 Å². The first-order valence-corrected chi connectivity index (χ1v) is 5.02. The lowest BCUT2D eigenvalue weighted by molar-refractivity contribution is -0.137. The van der Waals surface area contributed by atoms with Crippen LogP contribution in [0.5, 0.6) is 0 Å². The van der Waals surface area contributed by atoms with E-state index < -0.39 is 23.6 Å². The number of benzene rings is 1. The molecule has 0 aliphatic heterocycles. The summed E-state index contributed by atoms with van der Waals surface area (Å²) >= 11 is 0. The highest BCUT2D eigenvalue weighted by atomic mass is 19.4. The van der Waals surface area contributed by atoms with Gasteiger partial charge in [0.05, 0.1) is 5.56 Å². The molecule has 1 aliphatic carbocycles. The highest BCUT2D eigenvalue weighted by molar-refractivity contribution is 5.30. The molecule has 0 unspecified atom stereocenters. The van der Waals surface area contributed by atoms with Crippen molar-refractivity contribution < 1.29 is 17.6 Å². The summed E-state index contributed by atoms with van der Waals surface area (Å²) in [4.78, 5) is 0. The fraction of sp³-hybridized carbons (Fsp3) is 0.455. The van der Waals surface area contributed by atoms with Gasteiger partial charge in [-0.3, -0.25) is 0 Å². The number of alkyl halides is 3. The van der Waals surface area contributed by atoms with Crippen LogP contribution in [0, 0.1) is 11.7 Å². The first-order chi connectivity index (χ1) is 7.39. The molecule has 2 N–H and O–H groups in total. The molecule has 1 atom stereocenters. The Morgan fingerprint density at radius 3 is 2.38 bits per heavy atom. The molecule has 1 saturated carbocycles. The Kier molecular flexibility index (Phi) is 2.66. The number of nitrogens with two attached hydrogens (primary N) is 1. The van der Waals surface area contributed by atoms with Crippen molar-refractivity contribution in [2.75, 3.05) is 0 Å². The maximum atomic E-state index is 13.3. The zero-order valence-electron chi connectivity index (χ0n) is 8.39. The Labute approximate surface area is 90.3 Å². The normalized spacial score (nSPS) is 18.6. The summed E-state index contributed by atoms with van der Waals surface area (Å²) in [6.07, 6.45) is -2.74. The minimum absolute atomic E-state index is 0.0303. The Bertz CT molecular complexity index is 395. The molecule has 0 bridgehead atoms. The molecule has 88 valence electrons. The van der Waals surface area contributed by atoms with Crippen molar-refractivity contribution >= 4 is 0 Å². The summed E-state index contributed by atoms with van der Waals surface area (Å²) in [6.45, 7) is 0. The van der Waals surface area contributed by atoms with E-state index in [1.807, 2.05) is 0 Å². The summed E-state index contributed by atoms with van der Waals surface area (Å²) in [6, 6.07) is 1.76. The van der Waals surface area contributed by atoms with E-state index >= 15 is 0 Å². The second-order valence-corrected chi connectivity index (χ2v) is 4.10. The Balaban J connectivity index is 2.36. The third kappa shape index (κ3) is 2.19. The van der Waals surface area contributed by atoms with Gasteiger partial charge in [-0.1, -0.05) is 0 Å². The van der Waals surface area contributed by atoms with Crippen LogP contribution in [0.15, 0.2) is 18.2 Å².